The number of carbonyl (C=O) groups excluding carboxylic acids is 1. The Morgan fingerprint density at radius 1 is 1.38 bits per heavy atom. The second-order valence-electron chi connectivity index (χ2n) is 4.59. The molecule has 1 N–H and O–H groups in total. The van der Waals surface area contributed by atoms with Crippen molar-refractivity contribution in [1.29, 1.82) is 0 Å². The van der Waals surface area contributed by atoms with Gasteiger partial charge in [-0.2, -0.15) is 0 Å². The molecule has 0 aliphatic carbocycles. The molecule has 0 bridgehead atoms. The zero-order valence-corrected chi connectivity index (χ0v) is 10.6. The standard InChI is InChI=1S/C10H18O2.C2H4O2/c1-5-12-9(11)7-6-8-10(2,3)4;1-2(3)4/h5H,1,6-8H2,2-4H3;1H3,(H,3,4). The van der Waals surface area contributed by atoms with Gasteiger partial charge in [-0.1, -0.05) is 27.4 Å². The molecule has 0 amide bonds. The van der Waals surface area contributed by atoms with Crippen LogP contribution in [-0.2, 0) is 14.3 Å². The Hall–Kier alpha value is -1.32. The fraction of sp³-hybridized carbons (Fsp3) is 0.667. The van der Waals surface area contributed by atoms with Crippen LogP contribution >= 0.6 is 0 Å². The fourth-order valence-electron chi connectivity index (χ4n) is 0.915. The van der Waals surface area contributed by atoms with Crippen molar-refractivity contribution < 1.29 is 19.4 Å². The zero-order chi connectivity index (χ0) is 13.2. The Balaban J connectivity index is 0. The van der Waals surface area contributed by atoms with Gasteiger partial charge in [0, 0.05) is 13.3 Å². The molecular formula is C12H22O4. The first-order valence-electron chi connectivity index (χ1n) is 5.19. The number of ether oxygens (including phenoxy) is 1. The van der Waals surface area contributed by atoms with Crippen LogP contribution in [0.25, 0.3) is 0 Å². The minimum Gasteiger partial charge on any atom is -0.481 e. The molecule has 0 unspecified atom stereocenters. The molecule has 0 aliphatic rings. The third kappa shape index (κ3) is 23.0. The quantitative estimate of drug-likeness (QED) is 0.595. The first-order valence-corrected chi connectivity index (χ1v) is 5.19. The Morgan fingerprint density at radius 3 is 2.12 bits per heavy atom. The van der Waals surface area contributed by atoms with Gasteiger partial charge in [-0.3, -0.25) is 9.59 Å². The van der Waals surface area contributed by atoms with Gasteiger partial charge in [0.2, 0.25) is 0 Å². The monoisotopic (exact) mass is 230 g/mol. The van der Waals surface area contributed by atoms with E-state index in [1.165, 1.54) is 6.26 Å². The zero-order valence-electron chi connectivity index (χ0n) is 10.6. The highest BCUT2D eigenvalue weighted by atomic mass is 16.5. The number of carboxylic acids is 1. The molecule has 16 heavy (non-hydrogen) atoms. The SMILES string of the molecule is C=COC(=O)CCCC(C)(C)C.CC(=O)O. The van der Waals surface area contributed by atoms with Crippen molar-refractivity contribution in [3.05, 3.63) is 12.8 Å². The van der Waals surface area contributed by atoms with E-state index in [9.17, 15) is 4.79 Å². The number of rotatable bonds is 4. The van der Waals surface area contributed by atoms with Gasteiger partial charge < -0.3 is 9.84 Å². The van der Waals surface area contributed by atoms with Crippen LogP contribution in [0.1, 0.15) is 47.0 Å². The van der Waals surface area contributed by atoms with Crippen molar-refractivity contribution in [2.45, 2.75) is 47.0 Å². The van der Waals surface area contributed by atoms with Crippen LogP contribution in [-0.4, -0.2) is 17.0 Å². The summed E-state index contributed by atoms with van der Waals surface area (Å²) >= 11 is 0. The molecule has 0 radical (unpaired) electrons. The van der Waals surface area contributed by atoms with Crippen molar-refractivity contribution in [2.75, 3.05) is 0 Å². The molecular weight excluding hydrogens is 208 g/mol. The predicted octanol–water partition coefficient (Wildman–Crippen LogP) is 2.98. The minimum atomic E-state index is -0.833. The fourth-order valence-corrected chi connectivity index (χ4v) is 0.915. The normalized spacial score (nSPS) is 9.75. The summed E-state index contributed by atoms with van der Waals surface area (Å²) < 4.78 is 4.58. The van der Waals surface area contributed by atoms with Crippen LogP contribution < -0.4 is 0 Å². The van der Waals surface area contributed by atoms with E-state index in [0.29, 0.717) is 11.8 Å². The molecule has 4 nitrogen and oxygen atoms in total. The summed E-state index contributed by atoms with van der Waals surface area (Å²) in [6.45, 7) is 10.9. The van der Waals surface area contributed by atoms with Crippen LogP contribution in [0.3, 0.4) is 0 Å². The maximum Gasteiger partial charge on any atom is 0.310 e. The number of esters is 1. The summed E-state index contributed by atoms with van der Waals surface area (Å²) in [5.41, 5.74) is 0.300. The lowest BCUT2D eigenvalue weighted by molar-refractivity contribution is -0.138. The number of hydrogen-bond donors (Lipinski definition) is 1. The first-order chi connectivity index (χ1) is 7.19. The van der Waals surface area contributed by atoms with Gasteiger partial charge in [0.15, 0.2) is 0 Å². The molecule has 94 valence electrons. The molecule has 0 fully saturated rings. The third-order valence-electron chi connectivity index (χ3n) is 1.52. The molecule has 0 rings (SSSR count). The van der Waals surface area contributed by atoms with Crippen molar-refractivity contribution in [3.8, 4) is 0 Å². The summed E-state index contributed by atoms with van der Waals surface area (Å²) in [4.78, 5) is 19.8. The van der Waals surface area contributed by atoms with E-state index in [0.717, 1.165) is 19.8 Å². The molecule has 4 heteroatoms. The molecule has 0 aromatic carbocycles. The van der Waals surface area contributed by atoms with Crippen LogP contribution in [0.15, 0.2) is 12.8 Å². The maximum absolute atomic E-state index is 10.8. The van der Waals surface area contributed by atoms with E-state index in [1.807, 2.05) is 0 Å². The van der Waals surface area contributed by atoms with Crippen molar-refractivity contribution in [1.82, 2.24) is 0 Å². The number of aliphatic carboxylic acids is 1. The number of carbonyl (C=O) groups is 2. The molecule has 0 atom stereocenters. The van der Waals surface area contributed by atoms with Gasteiger partial charge in [0.1, 0.15) is 0 Å². The first kappa shape index (κ1) is 17.1. The second-order valence-corrected chi connectivity index (χ2v) is 4.59. The Kier molecular flexibility index (Phi) is 9.55. The lowest BCUT2D eigenvalue weighted by Gasteiger charge is -2.16. The summed E-state index contributed by atoms with van der Waals surface area (Å²) in [6.07, 6.45) is 3.60. The van der Waals surface area contributed by atoms with Crippen molar-refractivity contribution >= 4 is 11.9 Å². The smallest absolute Gasteiger partial charge is 0.310 e. The Labute approximate surface area is 97.3 Å². The molecule has 0 aromatic rings. The predicted molar refractivity (Wildman–Crippen MR) is 62.9 cm³/mol. The average molecular weight is 230 g/mol. The Morgan fingerprint density at radius 2 is 1.81 bits per heavy atom. The lowest BCUT2D eigenvalue weighted by Crippen LogP contribution is -2.06. The highest BCUT2D eigenvalue weighted by Gasteiger charge is 2.10. The van der Waals surface area contributed by atoms with Gasteiger partial charge in [-0.25, -0.2) is 0 Å². The van der Waals surface area contributed by atoms with Gasteiger partial charge in [0.05, 0.1) is 6.26 Å². The van der Waals surface area contributed by atoms with Crippen LogP contribution in [0.2, 0.25) is 0 Å². The molecule has 0 spiro atoms. The second kappa shape index (κ2) is 8.95. The van der Waals surface area contributed by atoms with Crippen LogP contribution in [0.5, 0.6) is 0 Å². The van der Waals surface area contributed by atoms with Crippen LogP contribution in [0, 0.1) is 5.41 Å². The van der Waals surface area contributed by atoms with Crippen molar-refractivity contribution in [2.24, 2.45) is 5.41 Å². The summed E-state index contributed by atoms with van der Waals surface area (Å²) in [5.74, 6) is -1.02. The third-order valence-corrected chi connectivity index (χ3v) is 1.52. The summed E-state index contributed by atoms with van der Waals surface area (Å²) in [5, 5.41) is 7.42. The van der Waals surface area contributed by atoms with E-state index in [1.54, 1.807) is 0 Å². The van der Waals surface area contributed by atoms with E-state index in [2.05, 4.69) is 32.1 Å². The summed E-state index contributed by atoms with van der Waals surface area (Å²) in [6, 6.07) is 0. The largest absolute Gasteiger partial charge is 0.481 e. The highest BCUT2D eigenvalue weighted by molar-refractivity contribution is 5.69. The van der Waals surface area contributed by atoms with E-state index in [-0.39, 0.29) is 5.97 Å². The van der Waals surface area contributed by atoms with E-state index < -0.39 is 5.97 Å². The molecule has 0 heterocycles. The maximum atomic E-state index is 10.8. The lowest BCUT2D eigenvalue weighted by atomic mass is 9.90. The molecule has 0 saturated carbocycles. The summed E-state index contributed by atoms with van der Waals surface area (Å²) in [7, 11) is 0. The minimum absolute atomic E-state index is 0.186. The van der Waals surface area contributed by atoms with E-state index in [4.69, 9.17) is 9.90 Å². The number of carboxylic acid groups (broad SMARTS) is 1. The molecule has 0 saturated heterocycles. The van der Waals surface area contributed by atoms with Crippen LogP contribution in [0.4, 0.5) is 0 Å². The topological polar surface area (TPSA) is 63.6 Å². The molecule has 0 aromatic heterocycles. The van der Waals surface area contributed by atoms with Crippen molar-refractivity contribution in [3.63, 3.8) is 0 Å². The Bertz CT molecular complexity index is 222. The van der Waals surface area contributed by atoms with Gasteiger partial charge in [0.25, 0.3) is 5.97 Å². The average Bonchev–Trinajstić information content (AvgIpc) is 2.00. The molecule has 0 aliphatic heterocycles. The van der Waals surface area contributed by atoms with E-state index >= 15 is 0 Å². The number of hydrogen-bond acceptors (Lipinski definition) is 3. The van der Waals surface area contributed by atoms with Gasteiger partial charge >= 0.3 is 5.97 Å². The highest BCUT2D eigenvalue weighted by Crippen LogP contribution is 2.21. The van der Waals surface area contributed by atoms with Gasteiger partial charge in [-0.15, -0.1) is 0 Å². The van der Waals surface area contributed by atoms with Gasteiger partial charge in [-0.05, 0) is 18.3 Å².